The largest absolute Gasteiger partial charge is 0.444 e. The van der Waals surface area contributed by atoms with Gasteiger partial charge in [0.1, 0.15) is 5.60 Å². The molecule has 0 heterocycles. The maximum atomic E-state index is 12.7. The van der Waals surface area contributed by atoms with Crippen LogP contribution in [0, 0.1) is 0 Å². The molecule has 0 aliphatic carbocycles. The summed E-state index contributed by atoms with van der Waals surface area (Å²) in [5, 5.41) is 5.58. The molecule has 2 aromatic rings. The van der Waals surface area contributed by atoms with Gasteiger partial charge in [-0.25, -0.2) is 4.79 Å². The zero-order valence-corrected chi connectivity index (χ0v) is 27.3. The lowest BCUT2D eigenvalue weighted by Crippen LogP contribution is -2.66. The van der Waals surface area contributed by atoms with Gasteiger partial charge in [-0.3, -0.25) is 0 Å². The van der Waals surface area contributed by atoms with Crippen molar-refractivity contribution in [3.63, 3.8) is 0 Å². The number of carbonyl (C=O) groups is 1. The van der Waals surface area contributed by atoms with Crippen molar-refractivity contribution in [1.29, 1.82) is 0 Å². The normalized spacial score (nSPS) is 13.4. The molecular weight excluding hydrogens is 510 g/mol. The molecule has 0 radical (unpaired) electrons. The average molecular weight is 566 g/mol. The van der Waals surface area contributed by atoms with E-state index in [-0.39, 0.29) is 17.2 Å². The number of amides is 1. The van der Waals surface area contributed by atoms with Crippen LogP contribution in [0.1, 0.15) is 106 Å². The van der Waals surface area contributed by atoms with E-state index in [1.807, 2.05) is 20.8 Å². The highest BCUT2D eigenvalue weighted by Gasteiger charge is 2.50. The fourth-order valence-corrected chi connectivity index (χ4v) is 9.84. The zero-order chi connectivity index (χ0) is 29.5. The van der Waals surface area contributed by atoms with Gasteiger partial charge in [0.05, 0.1) is 0 Å². The number of unbranched alkanes of at least 4 members (excludes halogenated alkanes) is 6. The topological polar surface area (TPSA) is 47.6 Å². The van der Waals surface area contributed by atoms with E-state index in [0.717, 1.165) is 12.8 Å². The SMILES string of the molecule is CCCCCCCC/C=C\C[C@H](CCO[Si](c1ccccc1)(c1ccccc1)C(C)(C)C)NC(=O)OC(C)(C)C. The lowest BCUT2D eigenvalue weighted by Gasteiger charge is -2.43. The maximum Gasteiger partial charge on any atom is 0.407 e. The van der Waals surface area contributed by atoms with Crippen molar-refractivity contribution >= 4 is 24.8 Å². The molecule has 222 valence electrons. The van der Waals surface area contributed by atoms with Crippen LogP contribution in [0.25, 0.3) is 0 Å². The fourth-order valence-electron chi connectivity index (χ4n) is 5.26. The number of carbonyl (C=O) groups excluding carboxylic acids is 1. The summed E-state index contributed by atoms with van der Waals surface area (Å²) in [5.74, 6) is 0. The molecule has 0 aromatic heterocycles. The van der Waals surface area contributed by atoms with E-state index < -0.39 is 13.9 Å². The lowest BCUT2D eigenvalue weighted by molar-refractivity contribution is 0.0498. The van der Waals surface area contributed by atoms with Crippen LogP contribution >= 0.6 is 0 Å². The number of hydrogen-bond donors (Lipinski definition) is 1. The van der Waals surface area contributed by atoms with E-state index in [4.69, 9.17) is 9.16 Å². The molecule has 0 bridgehead atoms. The van der Waals surface area contributed by atoms with Gasteiger partial charge >= 0.3 is 6.09 Å². The van der Waals surface area contributed by atoms with Gasteiger partial charge < -0.3 is 14.5 Å². The predicted molar refractivity (Wildman–Crippen MR) is 173 cm³/mol. The monoisotopic (exact) mass is 565 g/mol. The summed E-state index contributed by atoms with van der Waals surface area (Å²) in [6.07, 6.45) is 14.5. The summed E-state index contributed by atoms with van der Waals surface area (Å²) in [6, 6.07) is 21.4. The van der Waals surface area contributed by atoms with Gasteiger partial charge in [0.25, 0.3) is 8.32 Å². The Morgan fingerprint density at radius 2 is 1.38 bits per heavy atom. The molecule has 0 aliphatic rings. The van der Waals surface area contributed by atoms with E-state index in [2.05, 4.69) is 106 Å². The summed E-state index contributed by atoms with van der Waals surface area (Å²) in [4.78, 5) is 12.7. The number of alkyl carbamates (subject to hydrolysis) is 1. The first kappa shape index (κ1) is 33.8. The summed E-state index contributed by atoms with van der Waals surface area (Å²) >= 11 is 0. The second-order valence-electron chi connectivity index (χ2n) is 12.9. The molecule has 5 heteroatoms. The van der Waals surface area contributed by atoms with E-state index in [9.17, 15) is 4.79 Å². The smallest absolute Gasteiger partial charge is 0.407 e. The molecule has 2 rings (SSSR count). The third-order valence-electron chi connectivity index (χ3n) is 7.23. The molecule has 0 saturated carbocycles. The third-order valence-corrected chi connectivity index (χ3v) is 12.3. The van der Waals surface area contributed by atoms with Crippen LogP contribution in [0.4, 0.5) is 4.79 Å². The van der Waals surface area contributed by atoms with Gasteiger partial charge in [0.15, 0.2) is 0 Å². The van der Waals surface area contributed by atoms with E-state index in [0.29, 0.717) is 13.0 Å². The quantitative estimate of drug-likeness (QED) is 0.126. The Balaban J connectivity index is 2.15. The number of benzene rings is 2. The van der Waals surface area contributed by atoms with Crippen molar-refractivity contribution in [3.8, 4) is 0 Å². The van der Waals surface area contributed by atoms with E-state index >= 15 is 0 Å². The Morgan fingerprint density at radius 1 is 0.825 bits per heavy atom. The second kappa shape index (κ2) is 16.8. The minimum absolute atomic E-state index is 0.0612. The van der Waals surface area contributed by atoms with Crippen molar-refractivity contribution in [2.75, 3.05) is 6.61 Å². The maximum absolute atomic E-state index is 12.7. The standard InChI is InChI=1S/C35H55NO3Si/c1-8-9-10-11-12-13-14-15-18-23-30(36-33(37)39-34(2,3)4)28-29-38-40(35(5,6)7,31-24-19-16-20-25-31)32-26-21-17-22-27-32/h15-22,24-27,30H,8-14,23,28-29H2,1-7H3,(H,36,37)/b18-15-/t30-/m1/s1. The van der Waals surface area contributed by atoms with Gasteiger partial charge in [0.2, 0.25) is 0 Å². The number of allylic oxidation sites excluding steroid dienone is 1. The molecule has 1 atom stereocenters. The summed E-state index contributed by atoms with van der Waals surface area (Å²) < 4.78 is 12.7. The molecule has 0 fully saturated rings. The Morgan fingerprint density at radius 3 is 1.90 bits per heavy atom. The molecule has 2 aromatic carbocycles. The summed E-state index contributed by atoms with van der Waals surface area (Å²) in [5.41, 5.74) is -0.534. The van der Waals surface area contributed by atoms with Crippen LogP contribution in [0.15, 0.2) is 72.8 Å². The van der Waals surface area contributed by atoms with Crippen LogP contribution in [-0.4, -0.2) is 32.7 Å². The van der Waals surface area contributed by atoms with Crippen molar-refractivity contribution in [3.05, 3.63) is 72.8 Å². The minimum atomic E-state index is -2.62. The molecule has 4 nitrogen and oxygen atoms in total. The van der Waals surface area contributed by atoms with Crippen molar-refractivity contribution in [1.82, 2.24) is 5.32 Å². The highest BCUT2D eigenvalue weighted by Crippen LogP contribution is 2.36. The first-order chi connectivity index (χ1) is 19.0. The average Bonchev–Trinajstić information content (AvgIpc) is 2.89. The lowest BCUT2D eigenvalue weighted by atomic mass is 10.1. The number of rotatable bonds is 16. The number of ether oxygens (including phenoxy) is 1. The molecule has 1 N–H and O–H groups in total. The Bertz CT molecular complexity index is 953. The Kier molecular flexibility index (Phi) is 14.2. The molecule has 40 heavy (non-hydrogen) atoms. The van der Waals surface area contributed by atoms with Crippen molar-refractivity contribution < 1.29 is 14.0 Å². The van der Waals surface area contributed by atoms with Crippen molar-refractivity contribution in [2.45, 2.75) is 123 Å². The molecule has 0 saturated heterocycles. The van der Waals surface area contributed by atoms with Gasteiger partial charge in [-0.15, -0.1) is 0 Å². The molecule has 0 unspecified atom stereocenters. The van der Waals surface area contributed by atoms with Crippen LogP contribution in [-0.2, 0) is 9.16 Å². The molecular formula is C35H55NO3Si. The summed E-state index contributed by atoms with van der Waals surface area (Å²) in [7, 11) is -2.62. The highest BCUT2D eigenvalue weighted by molar-refractivity contribution is 6.99. The van der Waals surface area contributed by atoms with Gasteiger partial charge in [-0.1, -0.05) is 133 Å². The van der Waals surface area contributed by atoms with Crippen molar-refractivity contribution in [2.24, 2.45) is 0 Å². The first-order valence-corrected chi connectivity index (χ1v) is 17.3. The van der Waals surface area contributed by atoms with Crippen LogP contribution in [0.5, 0.6) is 0 Å². The Hall–Kier alpha value is -2.37. The second-order valence-corrected chi connectivity index (χ2v) is 17.2. The Labute approximate surface area is 246 Å². The van der Waals surface area contributed by atoms with Crippen LogP contribution in [0.2, 0.25) is 5.04 Å². The molecule has 0 spiro atoms. The zero-order valence-electron chi connectivity index (χ0n) is 26.3. The third kappa shape index (κ3) is 11.2. The van der Waals surface area contributed by atoms with E-state index in [1.54, 1.807) is 0 Å². The number of nitrogens with one attached hydrogen (secondary N) is 1. The van der Waals surface area contributed by atoms with Gasteiger partial charge in [-0.05, 0) is 61.9 Å². The summed E-state index contributed by atoms with van der Waals surface area (Å²) in [6.45, 7) is 15.4. The highest BCUT2D eigenvalue weighted by atomic mass is 28.4. The number of hydrogen-bond acceptors (Lipinski definition) is 3. The molecule has 1 amide bonds. The van der Waals surface area contributed by atoms with Gasteiger partial charge in [0, 0.05) is 12.6 Å². The fraction of sp³-hybridized carbons (Fsp3) is 0.571. The van der Waals surface area contributed by atoms with E-state index in [1.165, 1.54) is 48.9 Å². The first-order valence-electron chi connectivity index (χ1n) is 15.4. The predicted octanol–water partition coefficient (Wildman–Crippen LogP) is 8.54. The minimum Gasteiger partial charge on any atom is -0.444 e. The molecule has 0 aliphatic heterocycles. The van der Waals surface area contributed by atoms with Crippen LogP contribution in [0.3, 0.4) is 0 Å². The van der Waals surface area contributed by atoms with Gasteiger partial charge in [-0.2, -0.15) is 0 Å². The van der Waals surface area contributed by atoms with Crippen LogP contribution < -0.4 is 15.7 Å².